The molecule has 3 aromatic carbocycles. The Kier molecular flexibility index (Phi) is 6.45. The molecule has 1 aliphatic rings. The highest BCUT2D eigenvalue weighted by Crippen LogP contribution is 2.44. The van der Waals surface area contributed by atoms with Gasteiger partial charge in [0.2, 0.25) is 0 Å². The van der Waals surface area contributed by atoms with Gasteiger partial charge >= 0.3 is 6.36 Å². The van der Waals surface area contributed by atoms with E-state index in [0.717, 1.165) is 34.7 Å². The van der Waals surface area contributed by atoms with Crippen molar-refractivity contribution < 1.29 is 41.7 Å². The average Bonchev–Trinajstić information content (AvgIpc) is 3.08. The number of hydrogen-bond acceptors (Lipinski definition) is 5. The number of carbonyl (C=O) groups is 2. The van der Waals surface area contributed by atoms with Crippen LogP contribution in [0.5, 0.6) is 11.5 Å². The molecule has 1 amide bonds. The molecule has 0 bridgehead atoms. The molecule has 0 saturated carbocycles. The number of nitrogens with zero attached hydrogens (tertiary/aromatic N) is 1. The molecule has 0 aromatic heterocycles. The Hall–Kier alpha value is -4.34. The van der Waals surface area contributed by atoms with Crippen LogP contribution >= 0.6 is 0 Å². The van der Waals surface area contributed by atoms with Crippen LogP contribution in [0.4, 0.5) is 23.2 Å². The third-order valence-corrected chi connectivity index (χ3v) is 5.55. The van der Waals surface area contributed by atoms with Gasteiger partial charge in [0, 0.05) is 11.8 Å². The van der Waals surface area contributed by atoms with E-state index in [0.29, 0.717) is 5.56 Å². The van der Waals surface area contributed by atoms with Crippen LogP contribution in [0.3, 0.4) is 0 Å². The van der Waals surface area contributed by atoms with E-state index in [-0.39, 0.29) is 22.6 Å². The second-order valence-corrected chi connectivity index (χ2v) is 7.97. The average molecular weight is 501 g/mol. The van der Waals surface area contributed by atoms with Gasteiger partial charge in [-0.05, 0) is 42.8 Å². The van der Waals surface area contributed by atoms with E-state index in [1.807, 2.05) is 0 Å². The van der Waals surface area contributed by atoms with Gasteiger partial charge in [-0.2, -0.15) is 0 Å². The molecule has 1 aliphatic heterocycles. The number of ether oxygens (including phenoxy) is 2. The lowest BCUT2D eigenvalue weighted by atomic mass is 9.94. The highest BCUT2D eigenvalue weighted by molar-refractivity contribution is 6.51. The van der Waals surface area contributed by atoms with Crippen molar-refractivity contribution in [2.75, 3.05) is 12.0 Å². The summed E-state index contributed by atoms with van der Waals surface area (Å²) < 4.78 is 61.6. The number of anilines is 1. The van der Waals surface area contributed by atoms with Crippen LogP contribution in [0.1, 0.15) is 22.7 Å². The first kappa shape index (κ1) is 24.8. The molecule has 4 rings (SSSR count). The Labute approximate surface area is 203 Å². The largest absolute Gasteiger partial charge is 0.573 e. The molecular formula is C26H19F4NO5. The summed E-state index contributed by atoms with van der Waals surface area (Å²) in [7, 11) is 1.28. The fraction of sp³-hybridized carbons (Fsp3) is 0.154. The highest BCUT2D eigenvalue weighted by Gasteiger charge is 2.47. The van der Waals surface area contributed by atoms with Gasteiger partial charge < -0.3 is 14.6 Å². The summed E-state index contributed by atoms with van der Waals surface area (Å²) in [6.45, 7) is 1.77. The topological polar surface area (TPSA) is 76.1 Å². The van der Waals surface area contributed by atoms with E-state index in [2.05, 4.69) is 4.74 Å². The standard InChI is InChI=1S/C26H19F4NO5/c1-14-5-3-6-15(11-14)22-21(23(32)19-12-16(27)9-10-20(19)35-2)24(33)25(34)31(22)17-7-4-8-18(13-17)36-26(28,29)30/h3-13,22,32H,1-2H3/b23-21+. The van der Waals surface area contributed by atoms with E-state index >= 15 is 0 Å². The molecule has 6 nitrogen and oxygen atoms in total. The van der Waals surface area contributed by atoms with Gasteiger partial charge in [-0.3, -0.25) is 14.5 Å². The van der Waals surface area contributed by atoms with Gasteiger partial charge in [0.15, 0.2) is 0 Å². The normalized spacial score (nSPS) is 17.4. The van der Waals surface area contributed by atoms with Crippen molar-refractivity contribution in [2.24, 2.45) is 0 Å². The Morgan fingerprint density at radius 1 is 1.00 bits per heavy atom. The number of hydrogen-bond donors (Lipinski definition) is 1. The zero-order valence-electron chi connectivity index (χ0n) is 19.0. The molecule has 186 valence electrons. The molecule has 1 atom stereocenters. The maximum atomic E-state index is 14.0. The third kappa shape index (κ3) is 4.74. The first-order valence-electron chi connectivity index (χ1n) is 10.6. The number of rotatable bonds is 5. The molecular weight excluding hydrogens is 482 g/mol. The molecule has 3 aromatic rings. The van der Waals surface area contributed by atoms with Gasteiger partial charge in [0.1, 0.15) is 23.1 Å². The Morgan fingerprint density at radius 2 is 1.72 bits per heavy atom. The Balaban J connectivity index is 1.95. The van der Waals surface area contributed by atoms with Gasteiger partial charge in [0.05, 0.1) is 24.3 Å². The van der Waals surface area contributed by atoms with Crippen molar-refractivity contribution in [2.45, 2.75) is 19.3 Å². The highest BCUT2D eigenvalue weighted by atomic mass is 19.4. The lowest BCUT2D eigenvalue weighted by Crippen LogP contribution is -2.29. The van der Waals surface area contributed by atoms with Gasteiger partial charge in [0.25, 0.3) is 11.7 Å². The van der Waals surface area contributed by atoms with Crippen molar-refractivity contribution >= 4 is 23.1 Å². The van der Waals surface area contributed by atoms with Gasteiger partial charge in [-0.15, -0.1) is 13.2 Å². The number of methoxy groups -OCH3 is 1. The molecule has 0 spiro atoms. The minimum absolute atomic E-state index is 0.0451. The summed E-state index contributed by atoms with van der Waals surface area (Å²) in [5.74, 6) is -4.17. The number of amides is 1. The molecule has 1 unspecified atom stereocenters. The molecule has 1 heterocycles. The maximum Gasteiger partial charge on any atom is 0.573 e. The van der Waals surface area contributed by atoms with Crippen molar-refractivity contribution in [3.05, 3.63) is 94.8 Å². The van der Waals surface area contributed by atoms with Crippen molar-refractivity contribution in [3.63, 3.8) is 0 Å². The van der Waals surface area contributed by atoms with Crippen LogP contribution < -0.4 is 14.4 Å². The van der Waals surface area contributed by atoms with Gasteiger partial charge in [-0.1, -0.05) is 35.9 Å². The summed E-state index contributed by atoms with van der Waals surface area (Å²) in [6, 6.07) is 13.3. The molecule has 10 heteroatoms. The number of benzene rings is 3. The third-order valence-electron chi connectivity index (χ3n) is 5.55. The van der Waals surface area contributed by atoms with Crippen LogP contribution in [-0.4, -0.2) is 30.3 Å². The summed E-state index contributed by atoms with van der Waals surface area (Å²) in [6.07, 6.45) is -4.98. The van der Waals surface area contributed by atoms with Crippen molar-refractivity contribution in [1.82, 2.24) is 0 Å². The first-order chi connectivity index (χ1) is 17.0. The number of halogens is 4. The van der Waals surface area contributed by atoms with E-state index in [9.17, 15) is 32.3 Å². The number of Topliss-reactive ketones (excluding diaryl/α,β-unsaturated/α-hetero) is 1. The Bertz CT molecular complexity index is 1380. The van der Waals surface area contributed by atoms with Crippen molar-refractivity contribution in [1.29, 1.82) is 0 Å². The molecule has 1 fully saturated rings. The number of aryl methyl sites for hydroxylation is 1. The summed E-state index contributed by atoms with van der Waals surface area (Å²) >= 11 is 0. The minimum atomic E-state index is -4.98. The molecule has 36 heavy (non-hydrogen) atoms. The van der Waals surface area contributed by atoms with Gasteiger partial charge in [-0.25, -0.2) is 4.39 Å². The van der Waals surface area contributed by atoms with Crippen LogP contribution in [0.2, 0.25) is 0 Å². The number of aliphatic hydroxyl groups is 1. The first-order valence-corrected chi connectivity index (χ1v) is 10.6. The Morgan fingerprint density at radius 3 is 2.39 bits per heavy atom. The lowest BCUT2D eigenvalue weighted by Gasteiger charge is -2.26. The number of alkyl halides is 3. The van der Waals surface area contributed by atoms with Crippen LogP contribution in [-0.2, 0) is 9.59 Å². The van der Waals surface area contributed by atoms with Crippen LogP contribution in [0, 0.1) is 12.7 Å². The SMILES string of the molecule is COc1ccc(F)cc1/C(O)=C1\C(=O)C(=O)N(c2cccc(OC(F)(F)F)c2)C1c1cccc(C)c1. The number of ketones is 1. The monoisotopic (exact) mass is 501 g/mol. The lowest BCUT2D eigenvalue weighted by molar-refractivity contribution is -0.274. The number of carbonyl (C=O) groups excluding carboxylic acids is 2. The summed E-state index contributed by atoms with van der Waals surface area (Å²) in [5, 5.41) is 11.2. The minimum Gasteiger partial charge on any atom is -0.507 e. The van der Waals surface area contributed by atoms with E-state index in [1.165, 1.54) is 25.3 Å². The smallest absolute Gasteiger partial charge is 0.507 e. The van der Waals surface area contributed by atoms with E-state index < -0.39 is 41.4 Å². The predicted molar refractivity (Wildman–Crippen MR) is 122 cm³/mol. The van der Waals surface area contributed by atoms with Crippen LogP contribution in [0.25, 0.3) is 5.76 Å². The van der Waals surface area contributed by atoms with Crippen molar-refractivity contribution in [3.8, 4) is 11.5 Å². The molecule has 0 aliphatic carbocycles. The predicted octanol–water partition coefficient (Wildman–Crippen LogP) is 5.67. The fourth-order valence-electron chi connectivity index (χ4n) is 4.10. The zero-order valence-corrected chi connectivity index (χ0v) is 19.0. The maximum absolute atomic E-state index is 14.0. The van der Waals surface area contributed by atoms with E-state index in [4.69, 9.17) is 4.74 Å². The summed E-state index contributed by atoms with van der Waals surface area (Å²) in [5.41, 5.74) is 0.540. The summed E-state index contributed by atoms with van der Waals surface area (Å²) in [4.78, 5) is 27.4. The molecule has 1 N–H and O–H groups in total. The zero-order chi connectivity index (χ0) is 26.2. The fourth-order valence-corrected chi connectivity index (χ4v) is 4.10. The second-order valence-electron chi connectivity index (χ2n) is 7.97. The second kappa shape index (κ2) is 9.37. The quantitative estimate of drug-likeness (QED) is 0.211. The number of aliphatic hydroxyl groups excluding tert-OH is 1. The van der Waals surface area contributed by atoms with Crippen LogP contribution in [0.15, 0.2) is 72.3 Å². The molecule has 0 radical (unpaired) electrons. The van der Waals surface area contributed by atoms with E-state index in [1.54, 1.807) is 31.2 Å². The molecule has 1 saturated heterocycles.